The van der Waals surface area contributed by atoms with E-state index in [-0.39, 0.29) is 0 Å². The Balaban J connectivity index is 1.79. The lowest BCUT2D eigenvalue weighted by atomic mass is 10.1. The first-order valence-corrected chi connectivity index (χ1v) is 7.04. The quantitative estimate of drug-likeness (QED) is 0.635. The van der Waals surface area contributed by atoms with Crippen molar-refractivity contribution in [3.8, 4) is 0 Å². The van der Waals surface area contributed by atoms with E-state index < -0.39 is 5.97 Å². The van der Waals surface area contributed by atoms with Gasteiger partial charge in [0.25, 0.3) is 0 Å². The van der Waals surface area contributed by atoms with Gasteiger partial charge >= 0.3 is 5.97 Å². The molecular weight excluding hydrogens is 274 g/mol. The van der Waals surface area contributed by atoms with E-state index in [4.69, 9.17) is 4.74 Å². The maximum atomic E-state index is 11.8. The molecule has 0 fully saturated rings. The first kappa shape index (κ1) is 14.0. The Hall–Kier alpha value is -2.94. The largest absolute Gasteiger partial charge is 0.402 e. The molecular formula is C19H15NO2. The molecule has 0 bridgehead atoms. The number of carbonyl (C=O) groups excluding carboxylic acids is 1. The molecule has 3 rings (SSSR count). The fraction of sp³-hybridized carbons (Fsp3) is 0.0526. The predicted octanol–water partition coefficient (Wildman–Crippen LogP) is 3.90. The van der Waals surface area contributed by atoms with Gasteiger partial charge in [-0.2, -0.15) is 0 Å². The van der Waals surface area contributed by atoms with Crippen molar-refractivity contribution in [2.75, 3.05) is 0 Å². The molecule has 0 saturated carbocycles. The molecule has 0 saturated heterocycles. The molecule has 0 unspecified atom stereocenters. The van der Waals surface area contributed by atoms with E-state index in [1.807, 2.05) is 67.6 Å². The summed E-state index contributed by atoms with van der Waals surface area (Å²) in [6.45, 7) is 2.01. The number of allylic oxidation sites excluding steroid dienone is 2. The number of ether oxygens (including phenoxy) is 1. The van der Waals surface area contributed by atoms with Crippen LogP contribution in [0.3, 0.4) is 0 Å². The van der Waals surface area contributed by atoms with Gasteiger partial charge in [0.1, 0.15) is 0 Å². The van der Waals surface area contributed by atoms with Crippen LogP contribution in [0, 0.1) is 6.92 Å². The van der Waals surface area contributed by atoms with Crippen LogP contribution in [0.15, 0.2) is 77.4 Å². The van der Waals surface area contributed by atoms with Gasteiger partial charge in [-0.3, -0.25) is 0 Å². The maximum absolute atomic E-state index is 11.8. The Labute approximate surface area is 129 Å². The molecule has 0 amide bonds. The second-order valence-corrected chi connectivity index (χ2v) is 4.99. The lowest BCUT2D eigenvalue weighted by molar-refractivity contribution is -0.130. The smallest absolute Gasteiger partial charge is 0.363 e. The highest BCUT2D eigenvalue weighted by molar-refractivity contribution is 6.11. The third kappa shape index (κ3) is 3.20. The Morgan fingerprint density at radius 3 is 2.45 bits per heavy atom. The summed E-state index contributed by atoms with van der Waals surface area (Å²) >= 11 is 0. The van der Waals surface area contributed by atoms with Crippen molar-refractivity contribution in [3.63, 3.8) is 0 Å². The van der Waals surface area contributed by atoms with E-state index >= 15 is 0 Å². The van der Waals surface area contributed by atoms with Crippen LogP contribution in [0.4, 0.5) is 0 Å². The van der Waals surface area contributed by atoms with Gasteiger partial charge in [-0.1, -0.05) is 60.2 Å². The second-order valence-electron chi connectivity index (χ2n) is 4.99. The van der Waals surface area contributed by atoms with Crippen molar-refractivity contribution >= 4 is 17.9 Å². The normalized spacial score (nSPS) is 16.1. The molecule has 1 aliphatic rings. The number of nitrogens with zero attached hydrogens (tertiary/aromatic N) is 1. The van der Waals surface area contributed by atoms with Gasteiger partial charge in [-0.15, -0.1) is 0 Å². The van der Waals surface area contributed by atoms with E-state index in [2.05, 4.69) is 4.99 Å². The van der Waals surface area contributed by atoms with E-state index in [0.717, 1.165) is 16.7 Å². The molecule has 0 aromatic heterocycles. The summed E-state index contributed by atoms with van der Waals surface area (Å²) in [5.41, 5.74) is 3.32. The molecule has 108 valence electrons. The number of hydrogen-bond donors (Lipinski definition) is 0. The van der Waals surface area contributed by atoms with Crippen LogP contribution in [0.5, 0.6) is 0 Å². The van der Waals surface area contributed by atoms with Crippen LogP contribution >= 0.6 is 0 Å². The van der Waals surface area contributed by atoms with E-state index in [1.54, 1.807) is 12.2 Å². The van der Waals surface area contributed by atoms with Crippen molar-refractivity contribution in [1.29, 1.82) is 0 Å². The summed E-state index contributed by atoms with van der Waals surface area (Å²) in [4.78, 5) is 16.1. The van der Waals surface area contributed by atoms with Crippen molar-refractivity contribution in [1.82, 2.24) is 0 Å². The molecule has 0 aliphatic carbocycles. The van der Waals surface area contributed by atoms with Gasteiger partial charge in [0.2, 0.25) is 5.90 Å². The minimum Gasteiger partial charge on any atom is -0.402 e. The molecule has 0 N–H and O–H groups in total. The van der Waals surface area contributed by atoms with Crippen molar-refractivity contribution in [3.05, 3.63) is 89.1 Å². The van der Waals surface area contributed by atoms with Crippen molar-refractivity contribution in [2.24, 2.45) is 4.99 Å². The standard InChI is InChI=1S/C19H15NO2/c1-14-10-12-16(13-11-14)18-20-17(19(21)22-18)9-5-8-15-6-3-2-4-7-15/h2-13H,1H3/b8-5+,17-9-. The molecule has 0 spiro atoms. The molecule has 2 aromatic carbocycles. The molecule has 1 heterocycles. The number of hydrogen-bond acceptors (Lipinski definition) is 3. The lowest BCUT2D eigenvalue weighted by Crippen LogP contribution is -2.05. The zero-order valence-electron chi connectivity index (χ0n) is 12.2. The number of esters is 1. The fourth-order valence-corrected chi connectivity index (χ4v) is 2.06. The monoisotopic (exact) mass is 289 g/mol. The van der Waals surface area contributed by atoms with E-state index in [1.165, 1.54) is 0 Å². The first-order chi connectivity index (χ1) is 10.7. The Kier molecular flexibility index (Phi) is 3.97. The van der Waals surface area contributed by atoms with Crippen LogP contribution in [-0.4, -0.2) is 11.9 Å². The average Bonchev–Trinajstić information content (AvgIpc) is 2.90. The molecule has 0 atom stereocenters. The predicted molar refractivity (Wildman–Crippen MR) is 87.4 cm³/mol. The first-order valence-electron chi connectivity index (χ1n) is 7.04. The summed E-state index contributed by atoms with van der Waals surface area (Å²) in [6, 6.07) is 17.6. The summed E-state index contributed by atoms with van der Waals surface area (Å²) in [5, 5.41) is 0. The van der Waals surface area contributed by atoms with Gasteiger partial charge in [0, 0.05) is 5.56 Å². The zero-order valence-corrected chi connectivity index (χ0v) is 12.2. The van der Waals surface area contributed by atoms with Gasteiger partial charge in [0.05, 0.1) is 0 Å². The van der Waals surface area contributed by atoms with Crippen LogP contribution < -0.4 is 0 Å². The minimum absolute atomic E-state index is 0.308. The Bertz CT molecular complexity index is 769. The van der Waals surface area contributed by atoms with Gasteiger partial charge in [-0.25, -0.2) is 9.79 Å². The lowest BCUT2D eigenvalue weighted by Gasteiger charge is -1.99. The van der Waals surface area contributed by atoms with Gasteiger partial charge in [0.15, 0.2) is 5.70 Å². The van der Waals surface area contributed by atoms with Crippen LogP contribution in [0.25, 0.3) is 6.08 Å². The van der Waals surface area contributed by atoms with Gasteiger partial charge in [-0.05, 0) is 30.7 Å². The number of rotatable bonds is 3. The van der Waals surface area contributed by atoms with E-state index in [9.17, 15) is 4.79 Å². The average molecular weight is 289 g/mol. The molecule has 0 radical (unpaired) electrons. The molecule has 3 nitrogen and oxygen atoms in total. The highest BCUT2D eigenvalue weighted by Gasteiger charge is 2.23. The van der Waals surface area contributed by atoms with Crippen molar-refractivity contribution < 1.29 is 9.53 Å². The highest BCUT2D eigenvalue weighted by Crippen LogP contribution is 2.17. The number of aliphatic imine (C=N–C) groups is 1. The summed E-state index contributed by atoms with van der Waals surface area (Å²) in [6.07, 6.45) is 5.38. The topological polar surface area (TPSA) is 38.7 Å². The fourth-order valence-electron chi connectivity index (χ4n) is 2.06. The third-order valence-electron chi connectivity index (χ3n) is 3.26. The molecule has 1 aliphatic heterocycles. The molecule has 22 heavy (non-hydrogen) atoms. The highest BCUT2D eigenvalue weighted by atomic mass is 16.6. The summed E-state index contributed by atoms with van der Waals surface area (Å²) < 4.78 is 5.21. The number of cyclic esters (lactones) is 1. The van der Waals surface area contributed by atoms with Crippen LogP contribution in [0.1, 0.15) is 16.7 Å². The van der Waals surface area contributed by atoms with Crippen LogP contribution in [-0.2, 0) is 9.53 Å². The number of carbonyl (C=O) groups is 1. The number of aryl methyl sites for hydroxylation is 1. The minimum atomic E-state index is -0.423. The van der Waals surface area contributed by atoms with Gasteiger partial charge < -0.3 is 4.74 Å². The molecule has 3 heteroatoms. The maximum Gasteiger partial charge on any atom is 0.363 e. The SMILES string of the molecule is Cc1ccc(C2=N/C(=C\C=C\c3ccccc3)C(=O)O2)cc1. The second kappa shape index (κ2) is 6.22. The summed E-state index contributed by atoms with van der Waals surface area (Å²) in [7, 11) is 0. The zero-order chi connectivity index (χ0) is 15.4. The van der Waals surface area contributed by atoms with Crippen molar-refractivity contribution in [2.45, 2.75) is 6.92 Å². The van der Waals surface area contributed by atoms with Crippen LogP contribution in [0.2, 0.25) is 0 Å². The third-order valence-corrected chi connectivity index (χ3v) is 3.26. The number of benzene rings is 2. The molecule has 2 aromatic rings. The Morgan fingerprint density at radius 1 is 1.00 bits per heavy atom. The Morgan fingerprint density at radius 2 is 1.73 bits per heavy atom. The van der Waals surface area contributed by atoms with E-state index in [0.29, 0.717) is 11.6 Å². The summed E-state index contributed by atoms with van der Waals surface area (Å²) in [5.74, 6) is -0.0716.